The van der Waals surface area contributed by atoms with E-state index in [0.29, 0.717) is 11.8 Å². The monoisotopic (exact) mass is 355 g/mol. The fourth-order valence-corrected chi connectivity index (χ4v) is 1.40. The second kappa shape index (κ2) is 10.5. The van der Waals surface area contributed by atoms with Crippen LogP contribution in [-0.2, 0) is 32.7 Å². The van der Waals surface area contributed by atoms with Gasteiger partial charge in [0, 0.05) is 11.8 Å². The molecule has 5 N–H and O–H groups in total. The molecule has 0 fully saturated rings. The van der Waals surface area contributed by atoms with Gasteiger partial charge < -0.3 is 20.6 Å². The van der Waals surface area contributed by atoms with Crippen LogP contribution in [0.5, 0.6) is 5.75 Å². The van der Waals surface area contributed by atoms with Gasteiger partial charge in [0.25, 0.3) is 0 Å². The molecule has 8 nitrogen and oxygen atoms in total. The minimum atomic E-state index is -4.30. The average molecular weight is 356 g/mol. The van der Waals surface area contributed by atoms with Gasteiger partial charge in [-0.2, -0.15) is 0 Å². The normalized spacial score (nSPS) is 10.1. The Morgan fingerprint density at radius 1 is 1.30 bits per heavy atom. The first-order valence-corrected chi connectivity index (χ1v) is 6.20. The van der Waals surface area contributed by atoms with Crippen LogP contribution in [0.4, 0.5) is 0 Å². The van der Waals surface area contributed by atoms with Crippen LogP contribution in [-0.4, -0.2) is 43.2 Å². The van der Waals surface area contributed by atoms with Crippen LogP contribution in [0.2, 0.25) is 0 Å². The summed E-state index contributed by atoms with van der Waals surface area (Å²) in [5.41, 5.74) is 0.500. The zero-order chi connectivity index (χ0) is 12.9. The van der Waals surface area contributed by atoms with Crippen molar-refractivity contribution in [2.24, 2.45) is 4.99 Å². The summed E-state index contributed by atoms with van der Waals surface area (Å²) in [6.45, 7) is -0.212. The van der Waals surface area contributed by atoms with E-state index in [9.17, 15) is 22.9 Å². The Bertz CT molecular complexity index is 545. The molecule has 20 heavy (non-hydrogen) atoms. The Balaban J connectivity index is -0.000000963. The first-order chi connectivity index (χ1) is 7.92. The van der Waals surface area contributed by atoms with Crippen LogP contribution in [0, 0.1) is 0 Å². The van der Waals surface area contributed by atoms with Gasteiger partial charge in [0.1, 0.15) is 6.29 Å². The molecule has 0 saturated heterocycles. The number of carbonyl (C=O) groups is 1. The molecular formula is C10H14CuNO7S+. The van der Waals surface area contributed by atoms with Gasteiger partial charge in [-0.1, -0.05) is 12.1 Å². The van der Waals surface area contributed by atoms with E-state index in [1.54, 1.807) is 0 Å². The average Bonchev–Trinajstić information content (AvgIpc) is 2.25. The molecule has 0 aliphatic heterocycles. The smallest absolute Gasteiger partial charge is 0.872 e. The molecule has 1 radical (unpaired) electrons. The standard InChI is InChI=1S/C10H11NO5S.Cu.2H2O/c12-7-8-1-2-10(13)9(5-8)6-11-3-4-17(14,15)16;;;/h1-2,5-7,13H,3-4H2,(H,14,15,16);;2*1H2/q;+2;;/p-1. The number of rotatable bonds is 5. The Morgan fingerprint density at radius 2 is 1.90 bits per heavy atom. The van der Waals surface area contributed by atoms with Gasteiger partial charge in [0.2, 0.25) is 0 Å². The summed E-state index contributed by atoms with van der Waals surface area (Å²) in [6, 6.07) is 3.93. The van der Waals surface area contributed by atoms with Crippen LogP contribution in [0.25, 0.3) is 0 Å². The third-order valence-electron chi connectivity index (χ3n) is 1.87. The van der Waals surface area contributed by atoms with Gasteiger partial charge in [-0.3, -0.25) is 9.79 Å². The van der Waals surface area contributed by atoms with Crippen molar-refractivity contribution < 1.29 is 50.9 Å². The van der Waals surface area contributed by atoms with Crippen molar-refractivity contribution in [2.75, 3.05) is 12.3 Å². The van der Waals surface area contributed by atoms with Crippen molar-refractivity contribution in [3.05, 3.63) is 29.3 Å². The summed E-state index contributed by atoms with van der Waals surface area (Å²) in [4.78, 5) is 14.1. The van der Waals surface area contributed by atoms with Crippen LogP contribution in [0.15, 0.2) is 23.2 Å². The third-order valence-corrected chi connectivity index (χ3v) is 2.55. The minimum absolute atomic E-state index is 0. The summed E-state index contributed by atoms with van der Waals surface area (Å²) in [5, 5.41) is 11.3. The SMILES string of the molecule is O.O=Cc1ccc([O-])c(C=NCCS(=O)(=O)[O-])c1.[Cu+2].[OH3+]. The van der Waals surface area contributed by atoms with E-state index in [0.717, 1.165) is 6.21 Å². The summed E-state index contributed by atoms with van der Waals surface area (Å²) >= 11 is 0. The molecule has 0 atom stereocenters. The number of hydrogen-bond acceptors (Lipinski definition) is 6. The first kappa shape index (κ1) is 23.8. The molecule has 0 amide bonds. The maximum Gasteiger partial charge on any atom is 2.00 e. The number of carbonyl (C=O) groups excluding carboxylic acids is 1. The molecule has 1 aromatic rings. The quantitative estimate of drug-likeness (QED) is 0.191. The number of aliphatic imine (C=N–C) groups is 1. The fourth-order valence-electron chi connectivity index (χ4n) is 1.07. The summed E-state index contributed by atoms with van der Waals surface area (Å²) in [6.07, 6.45) is 1.74. The topological polar surface area (TPSA) is 174 Å². The summed E-state index contributed by atoms with van der Waals surface area (Å²) < 4.78 is 30.8. The Labute approximate surface area is 126 Å². The zero-order valence-corrected chi connectivity index (χ0v) is 11.8. The van der Waals surface area contributed by atoms with E-state index < -0.39 is 15.9 Å². The predicted octanol–water partition coefficient (Wildman–Crippen LogP) is -2.21. The Morgan fingerprint density at radius 3 is 2.40 bits per heavy atom. The first-order valence-electron chi connectivity index (χ1n) is 4.62. The molecule has 1 rings (SSSR count). The second-order valence-corrected chi connectivity index (χ2v) is 4.74. The van der Waals surface area contributed by atoms with Crippen LogP contribution in [0.1, 0.15) is 15.9 Å². The van der Waals surface area contributed by atoms with E-state index in [1.807, 2.05) is 0 Å². The van der Waals surface area contributed by atoms with E-state index >= 15 is 0 Å². The van der Waals surface area contributed by atoms with E-state index in [2.05, 4.69) is 4.99 Å². The van der Waals surface area contributed by atoms with E-state index in [-0.39, 0.29) is 45.9 Å². The van der Waals surface area contributed by atoms with Crippen LogP contribution >= 0.6 is 0 Å². The summed E-state index contributed by atoms with van der Waals surface area (Å²) in [5.74, 6) is -0.949. The number of aldehydes is 1. The number of benzene rings is 1. The molecule has 0 aliphatic carbocycles. The van der Waals surface area contributed by atoms with Crippen molar-refractivity contribution in [2.45, 2.75) is 0 Å². The predicted molar refractivity (Wildman–Crippen MR) is 66.8 cm³/mol. The summed E-state index contributed by atoms with van der Waals surface area (Å²) in [7, 11) is -4.30. The Kier molecular flexibility index (Phi) is 12.5. The molecule has 0 bridgehead atoms. The van der Waals surface area contributed by atoms with Crippen molar-refractivity contribution in [3.8, 4) is 5.75 Å². The van der Waals surface area contributed by atoms with Crippen molar-refractivity contribution >= 4 is 22.6 Å². The molecule has 0 unspecified atom stereocenters. The number of nitrogens with zero attached hydrogens (tertiary/aromatic N) is 1. The number of hydrogen-bond donors (Lipinski definition) is 0. The molecule has 117 valence electrons. The fraction of sp³-hybridized carbons (Fsp3) is 0.200. The largest absolute Gasteiger partial charge is 2.00 e. The van der Waals surface area contributed by atoms with Crippen LogP contribution < -0.4 is 5.11 Å². The molecule has 0 saturated carbocycles. The van der Waals surface area contributed by atoms with Crippen molar-refractivity contribution in [3.63, 3.8) is 0 Å². The van der Waals surface area contributed by atoms with Gasteiger partial charge in [-0.05, 0) is 11.6 Å². The zero-order valence-electron chi connectivity index (χ0n) is 10.1. The molecule has 10 heteroatoms. The Hall–Kier alpha value is -1.29. The maximum atomic E-state index is 11.3. The van der Waals surface area contributed by atoms with Crippen LogP contribution in [0.3, 0.4) is 0 Å². The third kappa shape index (κ3) is 8.75. The van der Waals surface area contributed by atoms with Gasteiger partial charge in [0.05, 0.1) is 22.4 Å². The van der Waals surface area contributed by atoms with Gasteiger partial charge in [0.15, 0.2) is 0 Å². The molecule has 0 aromatic heterocycles. The minimum Gasteiger partial charge on any atom is -0.872 e. The molecular weight excluding hydrogens is 342 g/mol. The molecule has 0 spiro atoms. The van der Waals surface area contributed by atoms with Gasteiger partial charge in [-0.15, -0.1) is 5.75 Å². The maximum absolute atomic E-state index is 11.3. The van der Waals surface area contributed by atoms with E-state index in [4.69, 9.17) is 0 Å². The molecule has 1 aromatic carbocycles. The molecule has 0 aliphatic rings. The van der Waals surface area contributed by atoms with Gasteiger partial charge >= 0.3 is 17.1 Å². The van der Waals surface area contributed by atoms with E-state index in [1.165, 1.54) is 18.2 Å². The van der Waals surface area contributed by atoms with Gasteiger partial charge in [-0.25, -0.2) is 8.42 Å². The molecule has 0 heterocycles. The van der Waals surface area contributed by atoms with Crippen molar-refractivity contribution in [1.82, 2.24) is 0 Å². The second-order valence-electron chi connectivity index (χ2n) is 3.21. The van der Waals surface area contributed by atoms with Crippen molar-refractivity contribution in [1.29, 1.82) is 0 Å².